The van der Waals surface area contributed by atoms with Gasteiger partial charge in [0.1, 0.15) is 12.8 Å². The molecule has 10 nitrogen and oxygen atoms in total. The SMILES string of the molecule is CCCCCCCCCCCCCC(=O)OC[C@H](COP(=O)(O)OC(C)NN)OC(=O)CCCCCCCCCCCCC. The lowest BCUT2D eigenvalue weighted by Crippen LogP contribution is -2.34. The van der Waals surface area contributed by atoms with Gasteiger partial charge in [0.2, 0.25) is 0 Å². The maximum Gasteiger partial charge on any atom is 0.473 e. The van der Waals surface area contributed by atoms with Crippen LogP contribution < -0.4 is 11.3 Å². The number of hydrazine groups is 1. The van der Waals surface area contributed by atoms with E-state index in [2.05, 4.69) is 19.3 Å². The molecule has 0 spiro atoms. The van der Waals surface area contributed by atoms with E-state index in [0.717, 1.165) is 38.5 Å². The summed E-state index contributed by atoms with van der Waals surface area (Å²) in [6.45, 7) is 5.18. The molecule has 4 N–H and O–H groups in total. The number of carbonyl (C=O) groups is 2. The molecule has 0 aromatic carbocycles. The van der Waals surface area contributed by atoms with Gasteiger partial charge in [-0.1, -0.05) is 142 Å². The van der Waals surface area contributed by atoms with E-state index in [-0.39, 0.29) is 19.4 Å². The van der Waals surface area contributed by atoms with Crippen molar-refractivity contribution < 1.29 is 37.6 Å². The van der Waals surface area contributed by atoms with Gasteiger partial charge in [0.25, 0.3) is 0 Å². The van der Waals surface area contributed by atoms with Gasteiger partial charge >= 0.3 is 19.8 Å². The van der Waals surface area contributed by atoms with Gasteiger partial charge in [0.05, 0.1) is 6.61 Å². The molecule has 262 valence electrons. The smallest absolute Gasteiger partial charge is 0.462 e. The molecule has 0 aliphatic rings. The Morgan fingerprint density at radius 1 is 0.659 bits per heavy atom. The number of unbranched alkanes of at least 4 members (excludes halogenated alkanes) is 20. The van der Waals surface area contributed by atoms with E-state index in [4.69, 9.17) is 24.4 Å². The number of rotatable bonds is 33. The number of hydrogen-bond acceptors (Lipinski definition) is 9. The van der Waals surface area contributed by atoms with Crippen molar-refractivity contribution in [1.82, 2.24) is 5.43 Å². The lowest BCUT2D eigenvalue weighted by Gasteiger charge is -2.21. The van der Waals surface area contributed by atoms with E-state index in [9.17, 15) is 19.0 Å². The third kappa shape index (κ3) is 29.7. The average Bonchev–Trinajstić information content (AvgIpc) is 2.99. The molecule has 11 heteroatoms. The summed E-state index contributed by atoms with van der Waals surface area (Å²) in [5.41, 5.74) is 2.19. The number of hydrogen-bond donors (Lipinski definition) is 3. The molecule has 3 atom stereocenters. The molecule has 0 aliphatic heterocycles. The van der Waals surface area contributed by atoms with Crippen LogP contribution in [-0.4, -0.2) is 42.4 Å². The molecule has 0 amide bonds. The molecular weight excluding hydrogens is 583 g/mol. The van der Waals surface area contributed by atoms with Gasteiger partial charge in [-0.05, 0) is 19.8 Å². The van der Waals surface area contributed by atoms with Crippen LogP contribution in [0.5, 0.6) is 0 Å². The minimum absolute atomic E-state index is 0.224. The van der Waals surface area contributed by atoms with Crippen molar-refractivity contribution in [3.63, 3.8) is 0 Å². The number of nitrogens with two attached hydrogens (primary N) is 1. The molecule has 0 heterocycles. The second kappa shape index (κ2) is 30.6. The Hall–Kier alpha value is -1.03. The largest absolute Gasteiger partial charge is 0.473 e. The monoisotopic (exact) mass is 650 g/mol. The minimum atomic E-state index is -4.47. The van der Waals surface area contributed by atoms with Gasteiger partial charge in [-0.3, -0.25) is 24.5 Å². The topological polar surface area (TPSA) is 146 Å². The fourth-order valence-corrected chi connectivity index (χ4v) is 5.80. The molecule has 44 heavy (non-hydrogen) atoms. The zero-order chi connectivity index (χ0) is 32.7. The summed E-state index contributed by atoms with van der Waals surface area (Å²) in [7, 11) is -4.47. The second-order valence-corrected chi connectivity index (χ2v) is 13.5. The molecule has 0 aromatic rings. The van der Waals surface area contributed by atoms with Crippen molar-refractivity contribution in [2.75, 3.05) is 13.2 Å². The first-order chi connectivity index (χ1) is 21.2. The van der Waals surface area contributed by atoms with Gasteiger partial charge in [-0.2, -0.15) is 0 Å². The quantitative estimate of drug-likeness (QED) is 0.0157. The molecule has 2 unspecified atom stereocenters. The molecule has 0 fully saturated rings. The number of ether oxygens (including phenoxy) is 2. The summed E-state index contributed by atoms with van der Waals surface area (Å²) in [6, 6.07) is 0. The van der Waals surface area contributed by atoms with Gasteiger partial charge in [-0.15, -0.1) is 0 Å². The Bertz CT molecular complexity index is 728. The summed E-state index contributed by atoms with van der Waals surface area (Å²) in [5.74, 6) is 4.36. The fourth-order valence-electron chi connectivity index (χ4n) is 4.92. The van der Waals surface area contributed by atoms with Gasteiger partial charge < -0.3 is 14.4 Å². The zero-order valence-corrected chi connectivity index (χ0v) is 29.3. The van der Waals surface area contributed by atoms with Crippen LogP contribution in [0.1, 0.15) is 175 Å². The Kier molecular flexibility index (Phi) is 29.9. The van der Waals surface area contributed by atoms with Crippen LogP contribution in [0.2, 0.25) is 0 Å². The standard InChI is InChI=1S/C33H67N2O8P/c1-4-6-8-10-12-14-16-18-20-22-24-26-32(36)40-28-31(29-41-44(38,39)43-30(3)35-34)42-33(37)27-25-23-21-19-17-15-13-11-9-7-5-2/h30-31,35H,4-29,34H2,1-3H3,(H,38,39)/t30?,31-/m1/s1. The van der Waals surface area contributed by atoms with Crippen molar-refractivity contribution in [2.24, 2.45) is 5.84 Å². The van der Waals surface area contributed by atoms with Crippen molar-refractivity contribution in [3.05, 3.63) is 0 Å². The summed E-state index contributed by atoms with van der Waals surface area (Å²) >= 11 is 0. The number of nitrogens with one attached hydrogen (secondary N) is 1. The highest BCUT2D eigenvalue weighted by atomic mass is 31.2. The van der Waals surface area contributed by atoms with Crippen LogP contribution in [0.3, 0.4) is 0 Å². The van der Waals surface area contributed by atoms with E-state index < -0.39 is 38.7 Å². The highest BCUT2D eigenvalue weighted by molar-refractivity contribution is 7.47. The molecular formula is C33H67N2O8P. The lowest BCUT2D eigenvalue weighted by molar-refractivity contribution is -0.161. The Morgan fingerprint density at radius 3 is 1.45 bits per heavy atom. The average molecular weight is 651 g/mol. The van der Waals surface area contributed by atoms with Crippen LogP contribution in [-0.2, 0) is 32.7 Å². The molecule has 0 radical (unpaired) electrons. The third-order valence-corrected chi connectivity index (χ3v) is 8.70. The second-order valence-electron chi connectivity index (χ2n) is 12.0. The predicted molar refractivity (Wildman–Crippen MR) is 177 cm³/mol. The Labute approximate surface area is 268 Å². The minimum Gasteiger partial charge on any atom is -0.462 e. The van der Waals surface area contributed by atoms with Crippen LogP contribution >= 0.6 is 7.82 Å². The van der Waals surface area contributed by atoms with E-state index in [1.54, 1.807) is 0 Å². The molecule has 0 saturated heterocycles. The van der Waals surface area contributed by atoms with Crippen molar-refractivity contribution in [2.45, 2.75) is 187 Å². The fraction of sp³-hybridized carbons (Fsp3) is 0.939. The van der Waals surface area contributed by atoms with Gasteiger partial charge in [0.15, 0.2) is 6.10 Å². The lowest BCUT2D eigenvalue weighted by atomic mass is 10.1. The first-order valence-electron chi connectivity index (χ1n) is 17.7. The maximum absolute atomic E-state index is 12.5. The summed E-state index contributed by atoms with van der Waals surface area (Å²) in [6.07, 6.45) is 24.5. The number of phosphoric ester groups is 1. The van der Waals surface area contributed by atoms with Crippen LogP contribution in [0.15, 0.2) is 0 Å². The van der Waals surface area contributed by atoms with Gasteiger partial charge in [-0.25, -0.2) is 9.99 Å². The molecule has 0 aliphatic carbocycles. The first kappa shape index (κ1) is 43.0. The summed E-state index contributed by atoms with van der Waals surface area (Å²) < 4.78 is 32.8. The molecule has 0 bridgehead atoms. The summed E-state index contributed by atoms with van der Waals surface area (Å²) in [4.78, 5) is 34.7. The first-order valence-corrected chi connectivity index (χ1v) is 19.2. The highest BCUT2D eigenvalue weighted by Gasteiger charge is 2.28. The van der Waals surface area contributed by atoms with Crippen LogP contribution in [0.25, 0.3) is 0 Å². The zero-order valence-electron chi connectivity index (χ0n) is 28.4. The number of esters is 2. The number of phosphoric acid groups is 1. The van der Waals surface area contributed by atoms with Crippen molar-refractivity contribution in [1.29, 1.82) is 0 Å². The summed E-state index contributed by atoms with van der Waals surface area (Å²) in [5, 5.41) is 0. The Balaban J connectivity index is 4.34. The van der Waals surface area contributed by atoms with Crippen LogP contribution in [0.4, 0.5) is 0 Å². The highest BCUT2D eigenvalue weighted by Crippen LogP contribution is 2.44. The van der Waals surface area contributed by atoms with E-state index in [0.29, 0.717) is 6.42 Å². The van der Waals surface area contributed by atoms with E-state index >= 15 is 0 Å². The third-order valence-electron chi connectivity index (χ3n) is 7.65. The maximum atomic E-state index is 12.5. The van der Waals surface area contributed by atoms with Gasteiger partial charge in [0, 0.05) is 12.8 Å². The molecule has 0 aromatic heterocycles. The van der Waals surface area contributed by atoms with Crippen molar-refractivity contribution in [3.8, 4) is 0 Å². The Morgan fingerprint density at radius 2 is 1.05 bits per heavy atom. The predicted octanol–water partition coefficient (Wildman–Crippen LogP) is 8.79. The molecule has 0 saturated carbocycles. The normalized spacial score (nSPS) is 14.2. The number of carbonyl (C=O) groups excluding carboxylic acids is 2. The van der Waals surface area contributed by atoms with Crippen LogP contribution in [0, 0.1) is 0 Å². The van der Waals surface area contributed by atoms with E-state index in [1.807, 2.05) is 0 Å². The van der Waals surface area contributed by atoms with E-state index in [1.165, 1.54) is 103 Å². The molecule has 0 rings (SSSR count). The van der Waals surface area contributed by atoms with Crippen molar-refractivity contribution >= 4 is 19.8 Å².